The molecule has 1 aliphatic heterocycles. The minimum absolute atomic E-state index is 0.412. The zero-order chi connectivity index (χ0) is 11.8. The van der Waals surface area contributed by atoms with E-state index in [-0.39, 0.29) is 0 Å². The number of nitrogens with two attached hydrogens (primary N) is 1. The summed E-state index contributed by atoms with van der Waals surface area (Å²) in [5, 5.41) is 0. The van der Waals surface area contributed by atoms with E-state index in [1.165, 1.54) is 0 Å². The van der Waals surface area contributed by atoms with Crippen molar-refractivity contribution in [3.8, 4) is 0 Å². The second kappa shape index (κ2) is 4.31. The maximum Gasteiger partial charge on any atom is 0.201 e. The molecule has 0 saturated carbocycles. The average molecular weight is 296 g/mol. The third kappa shape index (κ3) is 1.93. The van der Waals surface area contributed by atoms with Gasteiger partial charge >= 0.3 is 0 Å². The second-order valence-corrected chi connectivity index (χ2v) is 5.23. The molecule has 1 aliphatic rings. The van der Waals surface area contributed by atoms with E-state index in [0.717, 1.165) is 41.6 Å². The van der Waals surface area contributed by atoms with E-state index >= 15 is 0 Å². The number of anilines is 1. The number of fused-ring (bicyclic) bond motifs is 1. The number of hydrogen-bond acceptors (Lipinski definition) is 3. The van der Waals surface area contributed by atoms with Crippen LogP contribution in [0.3, 0.4) is 0 Å². The van der Waals surface area contributed by atoms with Crippen molar-refractivity contribution in [2.75, 3.05) is 18.9 Å². The van der Waals surface area contributed by atoms with Crippen LogP contribution in [0.25, 0.3) is 11.0 Å². The molecule has 1 aromatic heterocycles. The van der Waals surface area contributed by atoms with Crippen LogP contribution < -0.4 is 5.73 Å². The van der Waals surface area contributed by atoms with Crippen molar-refractivity contribution in [1.29, 1.82) is 0 Å². The largest absolute Gasteiger partial charge is 0.381 e. The molecule has 0 unspecified atom stereocenters. The van der Waals surface area contributed by atoms with Crippen LogP contribution in [0.1, 0.15) is 18.9 Å². The first kappa shape index (κ1) is 11.0. The van der Waals surface area contributed by atoms with Crippen LogP contribution in [0.2, 0.25) is 0 Å². The van der Waals surface area contributed by atoms with Crippen molar-refractivity contribution < 1.29 is 4.74 Å². The average Bonchev–Trinajstić information content (AvgIpc) is 2.65. The highest BCUT2D eigenvalue weighted by Crippen LogP contribution is 2.30. The summed E-state index contributed by atoms with van der Waals surface area (Å²) < 4.78 is 8.56. The molecule has 4 nitrogen and oxygen atoms in total. The van der Waals surface area contributed by atoms with Crippen LogP contribution in [0.15, 0.2) is 22.7 Å². The molecule has 17 heavy (non-hydrogen) atoms. The molecule has 3 rings (SSSR count). The number of imidazole rings is 1. The summed E-state index contributed by atoms with van der Waals surface area (Å²) in [6.45, 7) is 1.61. The molecular weight excluding hydrogens is 282 g/mol. The summed E-state index contributed by atoms with van der Waals surface area (Å²) in [6, 6.07) is 6.51. The fraction of sp³-hybridized carbons (Fsp3) is 0.417. The molecule has 0 atom stereocenters. The first-order valence-electron chi connectivity index (χ1n) is 5.76. The lowest BCUT2D eigenvalue weighted by Crippen LogP contribution is -2.20. The van der Waals surface area contributed by atoms with E-state index in [0.29, 0.717) is 12.0 Å². The number of nitrogens with zero attached hydrogens (tertiary/aromatic N) is 2. The summed E-state index contributed by atoms with van der Waals surface area (Å²) in [5.74, 6) is 0.602. The van der Waals surface area contributed by atoms with Gasteiger partial charge in [-0.3, -0.25) is 0 Å². The van der Waals surface area contributed by atoms with Crippen molar-refractivity contribution >= 4 is 32.9 Å². The van der Waals surface area contributed by atoms with Gasteiger partial charge in [0.05, 0.1) is 11.0 Å². The lowest BCUT2D eigenvalue weighted by atomic mass is 10.1. The van der Waals surface area contributed by atoms with Crippen LogP contribution in [0, 0.1) is 0 Å². The Bertz CT molecular complexity index is 546. The fourth-order valence-electron chi connectivity index (χ4n) is 2.42. The van der Waals surface area contributed by atoms with Gasteiger partial charge in [0.2, 0.25) is 5.95 Å². The van der Waals surface area contributed by atoms with Gasteiger partial charge in [-0.2, -0.15) is 0 Å². The van der Waals surface area contributed by atoms with Gasteiger partial charge in [0, 0.05) is 23.7 Å². The smallest absolute Gasteiger partial charge is 0.201 e. The van der Waals surface area contributed by atoms with Gasteiger partial charge in [-0.1, -0.05) is 15.9 Å². The molecule has 0 radical (unpaired) electrons. The van der Waals surface area contributed by atoms with Gasteiger partial charge in [-0.15, -0.1) is 0 Å². The number of aromatic nitrogens is 2. The van der Waals surface area contributed by atoms with Crippen LogP contribution in [0.5, 0.6) is 0 Å². The minimum atomic E-state index is 0.412. The molecule has 90 valence electrons. The van der Waals surface area contributed by atoms with Gasteiger partial charge < -0.3 is 15.0 Å². The van der Waals surface area contributed by atoms with Crippen LogP contribution in [0.4, 0.5) is 5.95 Å². The number of ether oxygens (including phenoxy) is 1. The highest BCUT2D eigenvalue weighted by Gasteiger charge is 2.20. The Morgan fingerprint density at radius 3 is 2.88 bits per heavy atom. The van der Waals surface area contributed by atoms with Crippen molar-refractivity contribution in [3.63, 3.8) is 0 Å². The standard InChI is InChI=1S/C12H14BrN3O/c13-8-1-2-11-10(7-8)15-12(14)16(11)9-3-5-17-6-4-9/h1-2,7,9H,3-6H2,(H2,14,15). The van der Waals surface area contributed by atoms with E-state index in [1.807, 2.05) is 12.1 Å². The maximum absolute atomic E-state index is 6.03. The highest BCUT2D eigenvalue weighted by atomic mass is 79.9. The van der Waals surface area contributed by atoms with Gasteiger partial charge in [0.15, 0.2) is 0 Å². The monoisotopic (exact) mass is 295 g/mol. The molecular formula is C12H14BrN3O. The Morgan fingerprint density at radius 2 is 2.12 bits per heavy atom. The lowest BCUT2D eigenvalue weighted by Gasteiger charge is -2.24. The Balaban J connectivity index is 2.11. The van der Waals surface area contributed by atoms with E-state index in [2.05, 4.69) is 31.5 Å². The number of benzene rings is 1. The predicted octanol–water partition coefficient (Wildman–Crippen LogP) is 2.73. The first-order valence-corrected chi connectivity index (χ1v) is 6.56. The molecule has 1 fully saturated rings. The summed E-state index contributed by atoms with van der Waals surface area (Å²) >= 11 is 3.45. The quantitative estimate of drug-likeness (QED) is 0.880. The van der Waals surface area contributed by atoms with Gasteiger partial charge in [-0.25, -0.2) is 4.98 Å². The summed E-state index contributed by atoms with van der Waals surface area (Å²) in [6.07, 6.45) is 2.01. The molecule has 2 heterocycles. The Kier molecular flexibility index (Phi) is 2.80. The topological polar surface area (TPSA) is 53.1 Å². The summed E-state index contributed by atoms with van der Waals surface area (Å²) in [4.78, 5) is 4.42. The summed E-state index contributed by atoms with van der Waals surface area (Å²) in [5.41, 5.74) is 8.09. The van der Waals surface area contributed by atoms with E-state index in [1.54, 1.807) is 0 Å². The van der Waals surface area contributed by atoms with Crippen molar-refractivity contribution in [2.24, 2.45) is 0 Å². The number of halogens is 1. The number of hydrogen-bond donors (Lipinski definition) is 1. The molecule has 2 N–H and O–H groups in total. The van der Waals surface area contributed by atoms with Crippen molar-refractivity contribution in [3.05, 3.63) is 22.7 Å². The molecule has 2 aromatic rings. The summed E-state index contributed by atoms with van der Waals surface area (Å²) in [7, 11) is 0. The van der Waals surface area contributed by atoms with E-state index < -0.39 is 0 Å². The van der Waals surface area contributed by atoms with Gasteiger partial charge in [0.25, 0.3) is 0 Å². The second-order valence-electron chi connectivity index (χ2n) is 4.32. The zero-order valence-corrected chi connectivity index (χ0v) is 11.0. The first-order chi connectivity index (χ1) is 8.25. The number of nitrogen functional groups attached to an aromatic ring is 1. The fourth-order valence-corrected chi connectivity index (χ4v) is 2.77. The predicted molar refractivity (Wildman–Crippen MR) is 70.9 cm³/mol. The highest BCUT2D eigenvalue weighted by molar-refractivity contribution is 9.10. The SMILES string of the molecule is Nc1nc2cc(Br)ccc2n1C1CCOCC1. The molecule has 1 aromatic carbocycles. The molecule has 5 heteroatoms. The number of rotatable bonds is 1. The Labute approximate surface area is 108 Å². The molecule has 0 spiro atoms. The van der Waals surface area contributed by atoms with Crippen molar-refractivity contribution in [1.82, 2.24) is 9.55 Å². The van der Waals surface area contributed by atoms with Crippen LogP contribution in [-0.2, 0) is 4.74 Å². The Morgan fingerprint density at radius 1 is 1.35 bits per heavy atom. The minimum Gasteiger partial charge on any atom is -0.381 e. The molecule has 0 bridgehead atoms. The third-order valence-electron chi connectivity index (χ3n) is 3.23. The van der Waals surface area contributed by atoms with Crippen molar-refractivity contribution in [2.45, 2.75) is 18.9 Å². The van der Waals surface area contributed by atoms with Crippen LogP contribution >= 0.6 is 15.9 Å². The maximum atomic E-state index is 6.03. The van der Waals surface area contributed by atoms with Crippen LogP contribution in [-0.4, -0.2) is 22.8 Å². The molecule has 0 amide bonds. The van der Waals surface area contributed by atoms with Gasteiger partial charge in [-0.05, 0) is 31.0 Å². The van der Waals surface area contributed by atoms with Gasteiger partial charge in [0.1, 0.15) is 0 Å². The van der Waals surface area contributed by atoms with E-state index in [4.69, 9.17) is 10.5 Å². The van der Waals surface area contributed by atoms with E-state index in [9.17, 15) is 0 Å². The normalized spacial score (nSPS) is 17.7. The molecule has 0 aliphatic carbocycles. The molecule has 1 saturated heterocycles. The third-order valence-corrected chi connectivity index (χ3v) is 3.73. The Hall–Kier alpha value is -1.07. The zero-order valence-electron chi connectivity index (χ0n) is 9.40. The lowest BCUT2D eigenvalue weighted by molar-refractivity contribution is 0.0711.